The van der Waals surface area contributed by atoms with Gasteiger partial charge in [-0.3, -0.25) is 4.90 Å². The van der Waals surface area contributed by atoms with Crippen molar-refractivity contribution in [3.8, 4) is 5.75 Å². The second-order valence-corrected chi connectivity index (χ2v) is 5.18. The molecule has 1 heterocycles. The quantitative estimate of drug-likeness (QED) is 0.787. The third kappa shape index (κ3) is 4.47. The van der Waals surface area contributed by atoms with Crippen molar-refractivity contribution in [3.05, 3.63) is 29.8 Å². The molecule has 0 radical (unpaired) electrons. The van der Waals surface area contributed by atoms with Gasteiger partial charge in [-0.1, -0.05) is 25.1 Å². The molecule has 1 fully saturated rings. The van der Waals surface area contributed by atoms with Crippen LogP contribution in [0.5, 0.6) is 5.75 Å². The van der Waals surface area contributed by atoms with Crippen LogP contribution >= 0.6 is 0 Å². The summed E-state index contributed by atoms with van der Waals surface area (Å²) in [5.41, 5.74) is 1.23. The van der Waals surface area contributed by atoms with E-state index in [-0.39, 0.29) is 0 Å². The van der Waals surface area contributed by atoms with Gasteiger partial charge in [0.05, 0.1) is 6.10 Å². The molecule has 1 aromatic carbocycles. The maximum absolute atomic E-state index is 5.94. The summed E-state index contributed by atoms with van der Waals surface area (Å²) in [5, 5.41) is 3.34. The van der Waals surface area contributed by atoms with Gasteiger partial charge in [0.25, 0.3) is 0 Å². The Balaban J connectivity index is 1.76. The largest absolute Gasteiger partial charge is 0.492 e. The van der Waals surface area contributed by atoms with Crippen molar-refractivity contribution in [2.45, 2.75) is 26.0 Å². The van der Waals surface area contributed by atoms with Crippen molar-refractivity contribution in [2.24, 2.45) is 0 Å². The standard InChI is InChI=1S/C16H26N2O2/c1-3-17-12-14-6-4-5-7-16(14)20-11-10-18-9-8-15(13-18)19-2/h4-7,15,17H,3,8-13H2,1-2H3. The van der Waals surface area contributed by atoms with Gasteiger partial charge in [-0.2, -0.15) is 0 Å². The van der Waals surface area contributed by atoms with Gasteiger partial charge in [-0.25, -0.2) is 0 Å². The molecule has 1 aliphatic rings. The number of para-hydroxylation sites is 1. The number of nitrogens with one attached hydrogen (secondary N) is 1. The molecule has 0 saturated carbocycles. The van der Waals surface area contributed by atoms with Gasteiger partial charge in [-0.05, 0) is 19.0 Å². The van der Waals surface area contributed by atoms with E-state index < -0.39 is 0 Å². The first-order chi connectivity index (χ1) is 9.83. The number of likely N-dealkylation sites (tertiary alicyclic amines) is 1. The fraction of sp³-hybridized carbons (Fsp3) is 0.625. The van der Waals surface area contributed by atoms with Gasteiger partial charge in [0, 0.05) is 38.9 Å². The number of benzene rings is 1. The third-order valence-corrected chi connectivity index (χ3v) is 3.77. The molecule has 112 valence electrons. The van der Waals surface area contributed by atoms with E-state index >= 15 is 0 Å². The van der Waals surface area contributed by atoms with E-state index in [0.29, 0.717) is 6.10 Å². The summed E-state index contributed by atoms with van der Waals surface area (Å²) in [5.74, 6) is 0.996. The molecule has 1 aliphatic heterocycles. The molecule has 1 atom stereocenters. The van der Waals surface area contributed by atoms with E-state index in [1.54, 1.807) is 7.11 Å². The highest BCUT2D eigenvalue weighted by molar-refractivity contribution is 5.33. The molecule has 1 N–H and O–H groups in total. The van der Waals surface area contributed by atoms with Crippen LogP contribution < -0.4 is 10.1 Å². The summed E-state index contributed by atoms with van der Waals surface area (Å²) in [7, 11) is 1.79. The predicted octanol–water partition coefficient (Wildman–Crippen LogP) is 1.90. The van der Waals surface area contributed by atoms with Crippen molar-refractivity contribution in [1.29, 1.82) is 0 Å². The minimum Gasteiger partial charge on any atom is -0.492 e. The minimum absolute atomic E-state index is 0.399. The highest BCUT2D eigenvalue weighted by atomic mass is 16.5. The third-order valence-electron chi connectivity index (χ3n) is 3.77. The fourth-order valence-electron chi connectivity index (χ4n) is 2.53. The lowest BCUT2D eigenvalue weighted by atomic mass is 10.2. The molecule has 20 heavy (non-hydrogen) atoms. The number of nitrogens with zero attached hydrogens (tertiary/aromatic N) is 1. The summed E-state index contributed by atoms with van der Waals surface area (Å²) in [6.45, 7) is 7.79. The van der Waals surface area contributed by atoms with Gasteiger partial charge < -0.3 is 14.8 Å². The zero-order valence-corrected chi connectivity index (χ0v) is 12.6. The fourth-order valence-corrected chi connectivity index (χ4v) is 2.53. The zero-order chi connectivity index (χ0) is 14.2. The Labute approximate surface area is 122 Å². The van der Waals surface area contributed by atoms with Crippen LogP contribution in [-0.2, 0) is 11.3 Å². The average Bonchev–Trinajstić information content (AvgIpc) is 2.94. The van der Waals surface area contributed by atoms with Gasteiger partial charge in [0.1, 0.15) is 12.4 Å². The van der Waals surface area contributed by atoms with Crippen LogP contribution in [0.25, 0.3) is 0 Å². The van der Waals surface area contributed by atoms with Crippen LogP contribution in [0.2, 0.25) is 0 Å². The van der Waals surface area contributed by atoms with Gasteiger partial charge >= 0.3 is 0 Å². The summed E-state index contributed by atoms with van der Waals surface area (Å²) in [4.78, 5) is 2.40. The van der Waals surface area contributed by atoms with Crippen LogP contribution in [0.3, 0.4) is 0 Å². The molecule has 1 unspecified atom stereocenters. The molecule has 0 aliphatic carbocycles. The first-order valence-corrected chi connectivity index (χ1v) is 7.50. The summed E-state index contributed by atoms with van der Waals surface area (Å²) >= 11 is 0. The highest BCUT2D eigenvalue weighted by Crippen LogP contribution is 2.18. The topological polar surface area (TPSA) is 33.7 Å². The zero-order valence-electron chi connectivity index (χ0n) is 12.6. The maximum Gasteiger partial charge on any atom is 0.123 e. The molecule has 0 bridgehead atoms. The molecule has 4 heteroatoms. The number of rotatable bonds is 8. The molecule has 4 nitrogen and oxygen atoms in total. The SMILES string of the molecule is CCNCc1ccccc1OCCN1CCC(OC)C1. The van der Waals surface area contributed by atoms with Gasteiger partial charge in [-0.15, -0.1) is 0 Å². The van der Waals surface area contributed by atoms with E-state index in [2.05, 4.69) is 35.3 Å². The van der Waals surface area contributed by atoms with Crippen LogP contribution in [0.15, 0.2) is 24.3 Å². The van der Waals surface area contributed by atoms with Crippen molar-refractivity contribution >= 4 is 0 Å². The Morgan fingerprint density at radius 1 is 1.35 bits per heavy atom. The Kier molecular flexibility index (Phi) is 6.30. The van der Waals surface area contributed by atoms with E-state index in [1.807, 2.05) is 6.07 Å². The molecule has 2 rings (SSSR count). The highest BCUT2D eigenvalue weighted by Gasteiger charge is 2.21. The van der Waals surface area contributed by atoms with Crippen LogP contribution in [-0.4, -0.2) is 50.9 Å². The number of hydrogen-bond acceptors (Lipinski definition) is 4. The summed E-state index contributed by atoms with van der Waals surface area (Å²) in [6, 6.07) is 8.26. The molecule has 0 aromatic heterocycles. The van der Waals surface area contributed by atoms with Crippen LogP contribution in [0.4, 0.5) is 0 Å². The van der Waals surface area contributed by atoms with Gasteiger partial charge in [0.15, 0.2) is 0 Å². The van der Waals surface area contributed by atoms with E-state index in [0.717, 1.165) is 51.5 Å². The lowest BCUT2D eigenvalue weighted by Gasteiger charge is -2.17. The Hall–Kier alpha value is -1.10. The van der Waals surface area contributed by atoms with E-state index in [9.17, 15) is 0 Å². The van der Waals surface area contributed by atoms with Crippen molar-refractivity contribution in [1.82, 2.24) is 10.2 Å². The van der Waals surface area contributed by atoms with Gasteiger partial charge in [0.2, 0.25) is 0 Å². The maximum atomic E-state index is 5.94. The Morgan fingerprint density at radius 2 is 2.20 bits per heavy atom. The Morgan fingerprint density at radius 3 is 2.95 bits per heavy atom. The normalized spacial score (nSPS) is 19.4. The smallest absolute Gasteiger partial charge is 0.123 e. The molecule has 0 spiro atoms. The lowest BCUT2D eigenvalue weighted by Crippen LogP contribution is -2.27. The molecule has 1 saturated heterocycles. The molecule has 1 aromatic rings. The summed E-state index contributed by atoms with van der Waals surface area (Å²) in [6.07, 6.45) is 1.53. The number of ether oxygens (including phenoxy) is 2. The molecular formula is C16H26N2O2. The van der Waals surface area contributed by atoms with Crippen molar-refractivity contribution in [2.75, 3.05) is 39.9 Å². The number of hydrogen-bond donors (Lipinski definition) is 1. The first-order valence-electron chi connectivity index (χ1n) is 7.50. The second-order valence-electron chi connectivity index (χ2n) is 5.18. The predicted molar refractivity (Wildman–Crippen MR) is 81.2 cm³/mol. The minimum atomic E-state index is 0.399. The van der Waals surface area contributed by atoms with E-state index in [1.165, 1.54) is 5.56 Å². The monoisotopic (exact) mass is 278 g/mol. The van der Waals surface area contributed by atoms with Crippen LogP contribution in [0, 0.1) is 0 Å². The average molecular weight is 278 g/mol. The molecular weight excluding hydrogens is 252 g/mol. The van der Waals surface area contributed by atoms with Crippen molar-refractivity contribution in [3.63, 3.8) is 0 Å². The number of methoxy groups -OCH3 is 1. The summed E-state index contributed by atoms with van der Waals surface area (Å²) < 4.78 is 11.3. The first kappa shape index (κ1) is 15.3. The van der Waals surface area contributed by atoms with E-state index in [4.69, 9.17) is 9.47 Å². The Bertz CT molecular complexity index is 398. The van der Waals surface area contributed by atoms with Crippen molar-refractivity contribution < 1.29 is 9.47 Å². The molecule has 0 amide bonds. The lowest BCUT2D eigenvalue weighted by molar-refractivity contribution is 0.105. The van der Waals surface area contributed by atoms with Crippen LogP contribution in [0.1, 0.15) is 18.9 Å². The second kappa shape index (κ2) is 8.25.